The summed E-state index contributed by atoms with van der Waals surface area (Å²) in [6.07, 6.45) is -0.876. The highest BCUT2D eigenvalue weighted by molar-refractivity contribution is 6.02. The predicted molar refractivity (Wildman–Crippen MR) is 93.8 cm³/mol. The van der Waals surface area contributed by atoms with Crippen LogP contribution in [0.15, 0.2) is 60.9 Å². The van der Waals surface area contributed by atoms with Crippen LogP contribution < -0.4 is 10.6 Å². The summed E-state index contributed by atoms with van der Waals surface area (Å²) in [4.78, 5) is 17.4. The Balaban J connectivity index is 1.87. The third kappa shape index (κ3) is 3.77. The Labute approximate surface area is 148 Å². The van der Waals surface area contributed by atoms with Crippen molar-refractivity contribution in [1.29, 1.82) is 0 Å². The van der Waals surface area contributed by atoms with Gasteiger partial charge in [0.05, 0.1) is 11.3 Å². The third-order valence-corrected chi connectivity index (χ3v) is 4.09. The number of carbonyl (C=O) groups excluding carboxylic acids is 1. The predicted octanol–water partition coefficient (Wildman–Crippen LogP) is 4.38. The van der Waals surface area contributed by atoms with Crippen LogP contribution in [-0.2, 0) is 12.6 Å². The van der Waals surface area contributed by atoms with Crippen molar-refractivity contribution in [2.24, 2.45) is 5.73 Å². The highest BCUT2D eigenvalue weighted by Crippen LogP contribution is 2.30. The topological polar surface area (TPSA) is 59.2 Å². The fourth-order valence-corrected chi connectivity index (χ4v) is 2.83. The summed E-state index contributed by atoms with van der Waals surface area (Å²) in [5.74, 6) is 0. The quantitative estimate of drug-likeness (QED) is 0.751. The first kappa shape index (κ1) is 17.7. The molecule has 0 aliphatic heterocycles. The molecule has 7 heteroatoms. The fraction of sp³-hybridized carbons (Fsp3) is 0.158. The van der Waals surface area contributed by atoms with Gasteiger partial charge in [0, 0.05) is 29.7 Å². The van der Waals surface area contributed by atoms with Gasteiger partial charge in [0.1, 0.15) is 0 Å². The summed E-state index contributed by atoms with van der Waals surface area (Å²) in [5.41, 5.74) is 5.88. The molecule has 0 saturated heterocycles. The summed E-state index contributed by atoms with van der Waals surface area (Å²) in [5, 5.41) is 1.64. The molecule has 1 heterocycles. The van der Waals surface area contributed by atoms with E-state index in [4.69, 9.17) is 5.73 Å². The monoisotopic (exact) mass is 359 g/mol. The standard InChI is InChI=1S/C19H16F3N3O/c20-19(21,22)15-5-1-3-13(11-15)8-10-25(18(23)26)17-6-2-4-14-12-24-9-7-16(14)17/h1-7,9,11-12H,8,10H2,(H2,23,26). The van der Waals surface area contributed by atoms with Gasteiger partial charge in [-0.1, -0.05) is 30.3 Å². The fourth-order valence-electron chi connectivity index (χ4n) is 2.83. The first-order chi connectivity index (χ1) is 12.4. The molecule has 0 aliphatic rings. The van der Waals surface area contributed by atoms with E-state index in [0.29, 0.717) is 11.3 Å². The van der Waals surface area contributed by atoms with E-state index in [1.165, 1.54) is 11.0 Å². The average Bonchev–Trinajstić information content (AvgIpc) is 2.61. The molecule has 4 nitrogen and oxygen atoms in total. The molecule has 0 bridgehead atoms. The zero-order valence-corrected chi connectivity index (χ0v) is 13.7. The number of rotatable bonds is 4. The normalized spacial score (nSPS) is 11.5. The number of hydrogen-bond donors (Lipinski definition) is 1. The molecule has 0 atom stereocenters. The van der Waals surface area contributed by atoms with Gasteiger partial charge in [-0.2, -0.15) is 13.2 Å². The van der Waals surface area contributed by atoms with E-state index < -0.39 is 17.8 Å². The molecule has 0 saturated carbocycles. The smallest absolute Gasteiger partial charge is 0.351 e. The van der Waals surface area contributed by atoms with Crippen LogP contribution in [0.2, 0.25) is 0 Å². The van der Waals surface area contributed by atoms with Crippen molar-refractivity contribution in [3.8, 4) is 0 Å². The maximum absolute atomic E-state index is 12.8. The van der Waals surface area contributed by atoms with E-state index in [0.717, 1.165) is 22.9 Å². The molecule has 0 spiro atoms. The molecule has 2 N–H and O–H groups in total. The molecule has 1 aromatic heterocycles. The van der Waals surface area contributed by atoms with E-state index in [1.54, 1.807) is 36.7 Å². The van der Waals surface area contributed by atoms with Gasteiger partial charge in [-0.3, -0.25) is 9.88 Å². The molecule has 2 aromatic carbocycles. The minimum Gasteiger partial charge on any atom is -0.351 e. The molecule has 134 valence electrons. The van der Waals surface area contributed by atoms with Gasteiger partial charge in [0.15, 0.2) is 0 Å². The van der Waals surface area contributed by atoms with Gasteiger partial charge in [-0.05, 0) is 30.2 Å². The van der Waals surface area contributed by atoms with Crippen LogP contribution in [0.3, 0.4) is 0 Å². The summed E-state index contributed by atoms with van der Waals surface area (Å²) in [6.45, 7) is 0.165. The lowest BCUT2D eigenvalue weighted by Gasteiger charge is -2.22. The number of primary amides is 1. The molecule has 3 aromatic rings. The van der Waals surface area contributed by atoms with Gasteiger partial charge >= 0.3 is 12.2 Å². The lowest BCUT2D eigenvalue weighted by molar-refractivity contribution is -0.137. The molecular weight excluding hydrogens is 343 g/mol. The highest BCUT2D eigenvalue weighted by atomic mass is 19.4. The number of carbonyl (C=O) groups is 1. The Hall–Kier alpha value is -3.09. The van der Waals surface area contributed by atoms with Gasteiger partial charge in [-0.15, -0.1) is 0 Å². The molecule has 0 fully saturated rings. The maximum Gasteiger partial charge on any atom is 0.416 e. The molecule has 0 aliphatic carbocycles. The molecule has 0 radical (unpaired) electrons. The van der Waals surface area contributed by atoms with Gasteiger partial charge < -0.3 is 5.73 Å². The van der Waals surface area contributed by atoms with E-state index in [1.807, 2.05) is 6.07 Å². The highest BCUT2D eigenvalue weighted by Gasteiger charge is 2.30. The number of nitrogens with zero attached hydrogens (tertiary/aromatic N) is 2. The summed E-state index contributed by atoms with van der Waals surface area (Å²) < 4.78 is 38.5. The number of halogens is 3. The average molecular weight is 359 g/mol. The second-order valence-corrected chi connectivity index (χ2v) is 5.81. The lowest BCUT2D eigenvalue weighted by atomic mass is 10.1. The van der Waals surface area contributed by atoms with Crippen molar-refractivity contribution < 1.29 is 18.0 Å². The van der Waals surface area contributed by atoms with Crippen LogP contribution in [0.5, 0.6) is 0 Å². The maximum atomic E-state index is 12.8. The number of alkyl halides is 3. The van der Waals surface area contributed by atoms with Gasteiger partial charge in [0.2, 0.25) is 0 Å². The van der Waals surface area contributed by atoms with Crippen molar-refractivity contribution in [3.05, 3.63) is 72.1 Å². The van der Waals surface area contributed by atoms with Crippen LogP contribution in [0.4, 0.5) is 23.7 Å². The number of benzene rings is 2. The summed E-state index contributed by atoms with van der Waals surface area (Å²) in [7, 11) is 0. The second kappa shape index (κ2) is 7.03. The first-order valence-electron chi connectivity index (χ1n) is 7.92. The van der Waals surface area contributed by atoms with E-state index in [-0.39, 0.29) is 13.0 Å². The Kier molecular flexibility index (Phi) is 4.79. The molecular formula is C19H16F3N3O. The van der Waals surface area contributed by atoms with Gasteiger partial charge in [0.25, 0.3) is 0 Å². The lowest BCUT2D eigenvalue weighted by Crippen LogP contribution is -2.37. The molecule has 26 heavy (non-hydrogen) atoms. The Bertz CT molecular complexity index is 935. The van der Waals surface area contributed by atoms with Crippen LogP contribution in [0, 0.1) is 0 Å². The number of nitrogens with two attached hydrogens (primary N) is 1. The van der Waals surface area contributed by atoms with Crippen LogP contribution >= 0.6 is 0 Å². The molecule has 2 amide bonds. The second-order valence-electron chi connectivity index (χ2n) is 5.81. The number of anilines is 1. The minimum atomic E-state index is -4.40. The van der Waals surface area contributed by atoms with Gasteiger partial charge in [-0.25, -0.2) is 4.79 Å². The number of pyridine rings is 1. The number of aromatic nitrogens is 1. The number of fused-ring (bicyclic) bond motifs is 1. The SMILES string of the molecule is NC(=O)N(CCc1cccc(C(F)(F)F)c1)c1cccc2cnccc12. The van der Waals surface area contributed by atoms with Crippen LogP contribution in [0.25, 0.3) is 10.8 Å². The van der Waals surface area contributed by atoms with Crippen molar-refractivity contribution in [3.63, 3.8) is 0 Å². The zero-order valence-electron chi connectivity index (χ0n) is 13.7. The zero-order chi connectivity index (χ0) is 18.7. The van der Waals surface area contributed by atoms with E-state index in [2.05, 4.69) is 4.98 Å². The Morgan fingerprint density at radius 3 is 2.62 bits per heavy atom. The largest absolute Gasteiger partial charge is 0.416 e. The van der Waals surface area contributed by atoms with Crippen LogP contribution in [0.1, 0.15) is 11.1 Å². The first-order valence-corrected chi connectivity index (χ1v) is 7.92. The van der Waals surface area contributed by atoms with Crippen LogP contribution in [-0.4, -0.2) is 17.6 Å². The number of urea groups is 1. The van der Waals surface area contributed by atoms with Crippen molar-refractivity contribution in [1.82, 2.24) is 4.98 Å². The van der Waals surface area contributed by atoms with E-state index >= 15 is 0 Å². The Morgan fingerprint density at radius 2 is 1.88 bits per heavy atom. The van der Waals surface area contributed by atoms with Crippen molar-refractivity contribution >= 4 is 22.5 Å². The summed E-state index contributed by atoms with van der Waals surface area (Å²) in [6, 6.07) is 11.6. The number of amides is 2. The summed E-state index contributed by atoms with van der Waals surface area (Å²) >= 11 is 0. The third-order valence-electron chi connectivity index (χ3n) is 4.09. The van der Waals surface area contributed by atoms with Crippen molar-refractivity contribution in [2.75, 3.05) is 11.4 Å². The van der Waals surface area contributed by atoms with E-state index in [9.17, 15) is 18.0 Å². The number of hydrogen-bond acceptors (Lipinski definition) is 2. The minimum absolute atomic E-state index is 0.165. The molecule has 3 rings (SSSR count). The molecule has 0 unspecified atom stereocenters. The van der Waals surface area contributed by atoms with Crippen molar-refractivity contribution in [2.45, 2.75) is 12.6 Å². The Morgan fingerprint density at radius 1 is 1.12 bits per heavy atom.